The summed E-state index contributed by atoms with van der Waals surface area (Å²) in [5, 5.41) is 7.11. The Labute approximate surface area is 113 Å². The summed E-state index contributed by atoms with van der Waals surface area (Å²) < 4.78 is 6.63. The smallest absolute Gasteiger partial charge is 0.119 e. The van der Waals surface area contributed by atoms with Crippen LogP contribution in [0.4, 0.5) is 0 Å². The fraction of sp³-hybridized carbons (Fsp3) is 0.467. The van der Waals surface area contributed by atoms with E-state index in [0.29, 0.717) is 0 Å². The van der Waals surface area contributed by atoms with Crippen LogP contribution in [0.25, 0.3) is 10.1 Å². The van der Waals surface area contributed by atoms with Crippen molar-refractivity contribution in [2.45, 2.75) is 32.7 Å². The number of nitrogens with one attached hydrogen (secondary N) is 1. The summed E-state index contributed by atoms with van der Waals surface area (Å²) in [7, 11) is 1.72. The minimum atomic E-state index is 0.184. The lowest BCUT2D eigenvalue weighted by Gasteiger charge is -2.20. The lowest BCUT2D eigenvalue weighted by atomic mass is 10.1. The Balaban J connectivity index is 2.13. The quantitative estimate of drug-likeness (QED) is 0.905. The van der Waals surface area contributed by atoms with Gasteiger partial charge in [0.15, 0.2) is 0 Å². The molecule has 2 aromatic rings. The molecule has 18 heavy (non-hydrogen) atoms. The molecule has 0 aliphatic rings. The van der Waals surface area contributed by atoms with Gasteiger partial charge in [0, 0.05) is 10.2 Å². The molecule has 1 aromatic carbocycles. The molecule has 2 rings (SSSR count). The number of hydrogen-bond acceptors (Lipinski definition) is 3. The predicted molar refractivity (Wildman–Crippen MR) is 79.8 cm³/mol. The first kappa shape index (κ1) is 13.4. The standard InChI is InChI=1S/C15H21NOS/c1-15(2,3)16-8-7-11-10-18-14-6-5-12(17-4)9-13(11)14/h5-6,9-10,16H,7-8H2,1-4H3. The van der Waals surface area contributed by atoms with Crippen molar-refractivity contribution in [2.75, 3.05) is 13.7 Å². The molecule has 0 fully saturated rings. The third-order valence-corrected chi connectivity index (χ3v) is 3.92. The highest BCUT2D eigenvalue weighted by Gasteiger charge is 2.09. The molecule has 1 N–H and O–H groups in total. The van der Waals surface area contributed by atoms with Crippen molar-refractivity contribution >= 4 is 21.4 Å². The number of hydrogen-bond donors (Lipinski definition) is 1. The Morgan fingerprint density at radius 2 is 2.06 bits per heavy atom. The third kappa shape index (κ3) is 3.24. The van der Waals surface area contributed by atoms with E-state index < -0.39 is 0 Å². The van der Waals surface area contributed by atoms with Gasteiger partial charge in [0.2, 0.25) is 0 Å². The van der Waals surface area contributed by atoms with Crippen LogP contribution in [0.3, 0.4) is 0 Å². The predicted octanol–water partition coefficient (Wildman–Crippen LogP) is 3.84. The van der Waals surface area contributed by atoms with Crippen LogP contribution in [0.2, 0.25) is 0 Å². The summed E-state index contributed by atoms with van der Waals surface area (Å²) >= 11 is 1.81. The molecule has 98 valence electrons. The van der Waals surface area contributed by atoms with E-state index in [2.05, 4.69) is 43.6 Å². The minimum Gasteiger partial charge on any atom is -0.497 e. The van der Waals surface area contributed by atoms with Crippen molar-refractivity contribution in [3.05, 3.63) is 29.1 Å². The van der Waals surface area contributed by atoms with E-state index in [4.69, 9.17) is 4.74 Å². The molecule has 0 amide bonds. The van der Waals surface area contributed by atoms with Gasteiger partial charge in [-0.3, -0.25) is 0 Å². The first-order valence-corrected chi connectivity index (χ1v) is 7.17. The van der Waals surface area contributed by atoms with Crippen LogP contribution >= 0.6 is 11.3 Å². The van der Waals surface area contributed by atoms with Crippen LogP contribution in [0.5, 0.6) is 5.75 Å². The molecule has 0 aliphatic heterocycles. The molecule has 0 saturated carbocycles. The molecular weight excluding hydrogens is 242 g/mol. The maximum Gasteiger partial charge on any atom is 0.119 e. The zero-order chi connectivity index (χ0) is 13.2. The van der Waals surface area contributed by atoms with Crippen LogP contribution < -0.4 is 10.1 Å². The van der Waals surface area contributed by atoms with E-state index in [1.54, 1.807) is 7.11 Å². The van der Waals surface area contributed by atoms with Gasteiger partial charge in [-0.15, -0.1) is 11.3 Å². The van der Waals surface area contributed by atoms with Gasteiger partial charge in [-0.1, -0.05) is 0 Å². The van der Waals surface area contributed by atoms with Crippen LogP contribution in [0, 0.1) is 0 Å². The molecule has 0 spiro atoms. The molecule has 1 heterocycles. The van der Waals surface area contributed by atoms with E-state index in [-0.39, 0.29) is 5.54 Å². The Morgan fingerprint density at radius 1 is 1.28 bits per heavy atom. The fourth-order valence-corrected chi connectivity index (χ4v) is 2.93. The highest BCUT2D eigenvalue weighted by Crippen LogP contribution is 2.29. The van der Waals surface area contributed by atoms with Gasteiger partial charge in [0.1, 0.15) is 5.75 Å². The first-order chi connectivity index (χ1) is 8.49. The Hall–Kier alpha value is -1.06. The number of methoxy groups -OCH3 is 1. The first-order valence-electron chi connectivity index (χ1n) is 6.29. The summed E-state index contributed by atoms with van der Waals surface area (Å²) in [6.45, 7) is 7.60. The second kappa shape index (κ2) is 5.29. The normalized spacial score (nSPS) is 12.0. The van der Waals surface area contributed by atoms with Crippen molar-refractivity contribution in [3.8, 4) is 5.75 Å². The third-order valence-electron chi connectivity index (χ3n) is 2.91. The molecular formula is C15H21NOS. The van der Waals surface area contributed by atoms with Gasteiger partial charge in [-0.2, -0.15) is 0 Å². The molecule has 0 bridgehead atoms. The van der Waals surface area contributed by atoms with E-state index in [1.807, 2.05) is 17.4 Å². The Morgan fingerprint density at radius 3 is 2.72 bits per heavy atom. The highest BCUT2D eigenvalue weighted by molar-refractivity contribution is 7.17. The lowest BCUT2D eigenvalue weighted by molar-refractivity contribution is 0.415. The summed E-state index contributed by atoms with van der Waals surface area (Å²) in [5.41, 5.74) is 1.59. The van der Waals surface area contributed by atoms with Gasteiger partial charge < -0.3 is 10.1 Å². The maximum atomic E-state index is 5.29. The SMILES string of the molecule is COc1ccc2scc(CCNC(C)(C)C)c2c1. The molecule has 0 atom stereocenters. The number of benzene rings is 1. The number of thiophene rings is 1. The lowest BCUT2D eigenvalue weighted by Crippen LogP contribution is -2.37. The molecule has 0 radical (unpaired) electrons. The summed E-state index contributed by atoms with van der Waals surface area (Å²) in [5.74, 6) is 0.936. The molecule has 0 saturated heterocycles. The molecule has 0 aliphatic carbocycles. The van der Waals surface area contributed by atoms with E-state index >= 15 is 0 Å². The Bertz CT molecular complexity index is 525. The average Bonchev–Trinajstić information content (AvgIpc) is 2.70. The molecule has 0 unspecified atom stereocenters. The monoisotopic (exact) mass is 263 g/mol. The number of ether oxygens (including phenoxy) is 1. The van der Waals surface area contributed by atoms with Crippen LogP contribution in [-0.2, 0) is 6.42 Å². The van der Waals surface area contributed by atoms with Gasteiger partial charge in [-0.05, 0) is 68.3 Å². The number of rotatable bonds is 4. The van der Waals surface area contributed by atoms with Crippen molar-refractivity contribution in [1.82, 2.24) is 5.32 Å². The van der Waals surface area contributed by atoms with Gasteiger partial charge in [-0.25, -0.2) is 0 Å². The van der Waals surface area contributed by atoms with Gasteiger partial charge >= 0.3 is 0 Å². The topological polar surface area (TPSA) is 21.3 Å². The van der Waals surface area contributed by atoms with Crippen molar-refractivity contribution in [1.29, 1.82) is 0 Å². The zero-order valence-electron chi connectivity index (χ0n) is 11.5. The molecule has 3 heteroatoms. The van der Waals surface area contributed by atoms with Gasteiger partial charge in [0.05, 0.1) is 7.11 Å². The largest absolute Gasteiger partial charge is 0.497 e. The summed E-state index contributed by atoms with van der Waals surface area (Å²) in [6.07, 6.45) is 1.06. The van der Waals surface area contributed by atoms with E-state index in [1.165, 1.54) is 15.6 Å². The zero-order valence-corrected chi connectivity index (χ0v) is 12.4. The fourth-order valence-electron chi connectivity index (χ4n) is 1.95. The van der Waals surface area contributed by atoms with Gasteiger partial charge in [0.25, 0.3) is 0 Å². The van der Waals surface area contributed by atoms with Crippen molar-refractivity contribution in [3.63, 3.8) is 0 Å². The number of fused-ring (bicyclic) bond motifs is 1. The molecule has 2 nitrogen and oxygen atoms in total. The summed E-state index contributed by atoms with van der Waals surface area (Å²) in [4.78, 5) is 0. The Kier molecular flexibility index (Phi) is 3.93. The second-order valence-electron chi connectivity index (χ2n) is 5.55. The van der Waals surface area contributed by atoms with Crippen LogP contribution in [0.15, 0.2) is 23.6 Å². The highest BCUT2D eigenvalue weighted by atomic mass is 32.1. The maximum absolute atomic E-state index is 5.29. The van der Waals surface area contributed by atoms with Crippen molar-refractivity contribution < 1.29 is 4.74 Å². The second-order valence-corrected chi connectivity index (χ2v) is 6.46. The van der Waals surface area contributed by atoms with Crippen LogP contribution in [0.1, 0.15) is 26.3 Å². The van der Waals surface area contributed by atoms with Crippen molar-refractivity contribution in [2.24, 2.45) is 0 Å². The van der Waals surface area contributed by atoms with Crippen LogP contribution in [-0.4, -0.2) is 19.2 Å². The van der Waals surface area contributed by atoms with E-state index in [0.717, 1.165) is 18.7 Å². The molecule has 1 aromatic heterocycles. The minimum absolute atomic E-state index is 0.184. The van der Waals surface area contributed by atoms with E-state index in [9.17, 15) is 0 Å². The summed E-state index contributed by atoms with van der Waals surface area (Å²) in [6, 6.07) is 6.30. The average molecular weight is 263 g/mol.